The molecule has 2 heterocycles. The first kappa shape index (κ1) is 8.03. The van der Waals surface area contributed by atoms with E-state index in [9.17, 15) is 13.2 Å². The molecule has 6 heteroatoms. The summed E-state index contributed by atoms with van der Waals surface area (Å²) in [6, 6.07) is 4.65. The van der Waals surface area contributed by atoms with Crippen LogP contribution in [0.3, 0.4) is 0 Å². The molecule has 0 bridgehead atoms. The van der Waals surface area contributed by atoms with Gasteiger partial charge in [0.25, 0.3) is 5.82 Å². The third-order valence-electron chi connectivity index (χ3n) is 1.49. The Bertz CT molecular complexity index is 399. The Morgan fingerprint density at radius 3 is 2.62 bits per heavy atom. The molecule has 0 unspecified atom stereocenters. The van der Waals surface area contributed by atoms with E-state index < -0.39 is 12.0 Å². The SMILES string of the molecule is FC(F)(F)c1nc2ccccn2n1. The van der Waals surface area contributed by atoms with Crippen LogP contribution in [0.15, 0.2) is 24.4 Å². The van der Waals surface area contributed by atoms with Crippen molar-refractivity contribution in [3.8, 4) is 0 Å². The maximum absolute atomic E-state index is 12.1. The molecular weight excluding hydrogens is 183 g/mol. The van der Waals surface area contributed by atoms with Crippen LogP contribution < -0.4 is 0 Å². The highest BCUT2D eigenvalue weighted by atomic mass is 19.4. The van der Waals surface area contributed by atoms with Crippen molar-refractivity contribution < 1.29 is 13.2 Å². The van der Waals surface area contributed by atoms with Crippen LogP contribution in [0.1, 0.15) is 5.82 Å². The Morgan fingerprint density at radius 1 is 1.23 bits per heavy atom. The van der Waals surface area contributed by atoms with Crippen LogP contribution in [0.25, 0.3) is 5.65 Å². The fourth-order valence-corrected chi connectivity index (χ4v) is 0.952. The zero-order chi connectivity index (χ0) is 9.47. The molecule has 0 saturated heterocycles. The fourth-order valence-electron chi connectivity index (χ4n) is 0.952. The Balaban J connectivity index is 2.63. The van der Waals surface area contributed by atoms with Crippen molar-refractivity contribution in [2.45, 2.75) is 6.18 Å². The largest absolute Gasteiger partial charge is 0.453 e. The average molecular weight is 187 g/mol. The number of hydrogen-bond donors (Lipinski definition) is 0. The minimum atomic E-state index is -4.48. The summed E-state index contributed by atoms with van der Waals surface area (Å²) in [5, 5.41) is 3.26. The summed E-state index contributed by atoms with van der Waals surface area (Å²) in [6.45, 7) is 0. The summed E-state index contributed by atoms with van der Waals surface area (Å²) in [5.41, 5.74) is 0.190. The van der Waals surface area contributed by atoms with E-state index in [2.05, 4.69) is 10.1 Å². The van der Waals surface area contributed by atoms with Gasteiger partial charge in [0, 0.05) is 6.20 Å². The molecule has 0 saturated carbocycles. The van der Waals surface area contributed by atoms with E-state index in [1.807, 2.05) is 0 Å². The lowest BCUT2D eigenvalue weighted by Crippen LogP contribution is -2.07. The van der Waals surface area contributed by atoms with Crippen LogP contribution in [0.4, 0.5) is 13.2 Å². The molecule has 0 aromatic carbocycles. The number of fused-ring (bicyclic) bond motifs is 1. The van der Waals surface area contributed by atoms with Crippen molar-refractivity contribution in [2.75, 3.05) is 0 Å². The molecule has 0 aliphatic heterocycles. The van der Waals surface area contributed by atoms with Gasteiger partial charge in [-0.2, -0.15) is 13.2 Å². The molecule has 0 N–H and O–H groups in total. The average Bonchev–Trinajstić information content (AvgIpc) is 2.45. The first-order valence-electron chi connectivity index (χ1n) is 3.46. The number of rotatable bonds is 0. The van der Waals surface area contributed by atoms with Crippen LogP contribution >= 0.6 is 0 Å². The fraction of sp³-hybridized carbons (Fsp3) is 0.143. The van der Waals surface area contributed by atoms with Crippen LogP contribution in [-0.4, -0.2) is 14.6 Å². The number of alkyl halides is 3. The van der Waals surface area contributed by atoms with E-state index in [-0.39, 0.29) is 5.65 Å². The van der Waals surface area contributed by atoms with Gasteiger partial charge in [-0.05, 0) is 12.1 Å². The van der Waals surface area contributed by atoms with E-state index in [0.717, 1.165) is 4.52 Å². The first-order valence-corrected chi connectivity index (χ1v) is 3.46. The van der Waals surface area contributed by atoms with Gasteiger partial charge in [-0.25, -0.2) is 9.50 Å². The number of pyridine rings is 1. The summed E-state index contributed by atoms with van der Waals surface area (Å²) in [6.07, 6.45) is -3.07. The van der Waals surface area contributed by atoms with Gasteiger partial charge >= 0.3 is 6.18 Å². The molecule has 13 heavy (non-hydrogen) atoms. The maximum atomic E-state index is 12.1. The zero-order valence-electron chi connectivity index (χ0n) is 6.28. The Morgan fingerprint density at radius 2 is 2.00 bits per heavy atom. The predicted molar refractivity (Wildman–Crippen MR) is 38.0 cm³/mol. The van der Waals surface area contributed by atoms with Gasteiger partial charge in [-0.1, -0.05) is 6.07 Å². The molecule has 0 fully saturated rings. The van der Waals surface area contributed by atoms with Gasteiger partial charge in [-0.3, -0.25) is 0 Å². The summed E-state index contributed by atoms with van der Waals surface area (Å²) in [5.74, 6) is -1.11. The molecule has 0 radical (unpaired) electrons. The van der Waals surface area contributed by atoms with Gasteiger partial charge < -0.3 is 0 Å². The van der Waals surface area contributed by atoms with Crippen LogP contribution in [-0.2, 0) is 6.18 Å². The van der Waals surface area contributed by atoms with Crippen molar-refractivity contribution in [1.82, 2.24) is 14.6 Å². The smallest absolute Gasteiger partial charge is 0.221 e. The summed E-state index contributed by atoms with van der Waals surface area (Å²) in [7, 11) is 0. The minimum Gasteiger partial charge on any atom is -0.221 e. The van der Waals surface area contributed by atoms with Gasteiger partial charge in [0.2, 0.25) is 0 Å². The highest BCUT2D eigenvalue weighted by molar-refractivity contribution is 5.36. The Hall–Kier alpha value is -1.59. The highest BCUT2D eigenvalue weighted by Gasteiger charge is 2.36. The molecule has 68 valence electrons. The van der Waals surface area contributed by atoms with Crippen molar-refractivity contribution in [3.63, 3.8) is 0 Å². The highest BCUT2D eigenvalue weighted by Crippen LogP contribution is 2.26. The predicted octanol–water partition coefficient (Wildman–Crippen LogP) is 1.75. The Labute approximate surface area is 70.8 Å². The van der Waals surface area contributed by atoms with Crippen LogP contribution in [0.2, 0.25) is 0 Å². The molecule has 3 nitrogen and oxygen atoms in total. The van der Waals surface area contributed by atoms with E-state index in [4.69, 9.17) is 0 Å². The minimum absolute atomic E-state index is 0.190. The molecule has 2 aromatic heterocycles. The van der Waals surface area contributed by atoms with Crippen LogP contribution in [0, 0.1) is 0 Å². The maximum Gasteiger partial charge on any atom is 0.453 e. The second-order valence-corrected chi connectivity index (χ2v) is 2.44. The molecule has 2 aromatic rings. The lowest BCUT2D eigenvalue weighted by atomic mass is 10.5. The first-order chi connectivity index (χ1) is 6.07. The summed E-state index contributed by atoms with van der Waals surface area (Å²) < 4.78 is 37.3. The van der Waals surface area contributed by atoms with Crippen molar-refractivity contribution in [1.29, 1.82) is 0 Å². The summed E-state index contributed by atoms with van der Waals surface area (Å²) in [4.78, 5) is 3.31. The monoisotopic (exact) mass is 187 g/mol. The molecule has 0 spiro atoms. The number of nitrogens with zero attached hydrogens (tertiary/aromatic N) is 3. The van der Waals surface area contributed by atoms with Gasteiger partial charge in [-0.15, -0.1) is 5.10 Å². The van der Waals surface area contributed by atoms with Gasteiger partial charge in [0.15, 0.2) is 5.65 Å². The second kappa shape index (κ2) is 2.45. The molecule has 2 rings (SSSR count). The summed E-state index contributed by atoms with van der Waals surface area (Å²) >= 11 is 0. The Kier molecular flexibility index (Phi) is 1.51. The quantitative estimate of drug-likeness (QED) is 0.628. The lowest BCUT2D eigenvalue weighted by molar-refractivity contribution is -0.144. The van der Waals surface area contributed by atoms with Crippen molar-refractivity contribution >= 4 is 5.65 Å². The molecule has 0 amide bonds. The lowest BCUT2D eigenvalue weighted by Gasteiger charge is -1.96. The zero-order valence-corrected chi connectivity index (χ0v) is 6.28. The third kappa shape index (κ3) is 1.34. The number of halogens is 3. The van der Waals surface area contributed by atoms with E-state index in [1.165, 1.54) is 12.3 Å². The second-order valence-electron chi connectivity index (χ2n) is 2.44. The molecule has 0 aliphatic carbocycles. The van der Waals surface area contributed by atoms with Gasteiger partial charge in [0.1, 0.15) is 0 Å². The van der Waals surface area contributed by atoms with E-state index >= 15 is 0 Å². The molecule has 0 aliphatic rings. The molecular formula is C7H4F3N3. The topological polar surface area (TPSA) is 30.2 Å². The molecule has 0 atom stereocenters. The normalized spacial score (nSPS) is 12.2. The van der Waals surface area contributed by atoms with E-state index in [0.29, 0.717) is 0 Å². The van der Waals surface area contributed by atoms with Crippen molar-refractivity contribution in [2.24, 2.45) is 0 Å². The third-order valence-corrected chi connectivity index (χ3v) is 1.49. The van der Waals surface area contributed by atoms with E-state index in [1.54, 1.807) is 12.1 Å². The standard InChI is InChI=1S/C7H4F3N3/c8-7(9,10)6-11-5-3-1-2-4-13(5)12-6/h1-4H. The number of aromatic nitrogens is 3. The van der Waals surface area contributed by atoms with Gasteiger partial charge in [0.05, 0.1) is 0 Å². The van der Waals surface area contributed by atoms with Crippen LogP contribution in [0.5, 0.6) is 0 Å². The number of hydrogen-bond acceptors (Lipinski definition) is 2. The van der Waals surface area contributed by atoms with Crippen molar-refractivity contribution in [3.05, 3.63) is 30.2 Å².